The topological polar surface area (TPSA) is 70.7 Å². The second-order valence-electron chi connectivity index (χ2n) is 8.27. The first-order valence-electron chi connectivity index (χ1n) is 10.8. The third kappa shape index (κ3) is 7.14. The molecule has 0 spiro atoms. The van der Waals surface area contributed by atoms with Gasteiger partial charge in [0, 0.05) is 35.4 Å². The molecule has 0 saturated carbocycles. The molecular formula is C26H27Cl2N3O3. The van der Waals surface area contributed by atoms with Crippen LogP contribution in [-0.4, -0.2) is 30.9 Å². The number of carbonyl (C=O) groups is 2. The van der Waals surface area contributed by atoms with Crippen molar-refractivity contribution >= 4 is 46.5 Å². The van der Waals surface area contributed by atoms with E-state index in [1.54, 1.807) is 67.3 Å². The Morgan fingerprint density at radius 3 is 2.15 bits per heavy atom. The van der Waals surface area contributed by atoms with Crippen molar-refractivity contribution in [3.05, 3.63) is 83.9 Å². The van der Waals surface area contributed by atoms with Crippen LogP contribution >= 0.6 is 23.2 Å². The number of nitrogens with zero attached hydrogens (tertiary/aromatic N) is 1. The van der Waals surface area contributed by atoms with Gasteiger partial charge in [-0.2, -0.15) is 0 Å². The van der Waals surface area contributed by atoms with Gasteiger partial charge < -0.3 is 15.4 Å². The number of rotatable bonds is 9. The van der Waals surface area contributed by atoms with Gasteiger partial charge in [0.15, 0.2) is 0 Å². The molecule has 0 radical (unpaired) electrons. The molecule has 0 bridgehead atoms. The summed E-state index contributed by atoms with van der Waals surface area (Å²) in [4.78, 5) is 27.1. The third-order valence-electron chi connectivity index (χ3n) is 5.04. The largest absolute Gasteiger partial charge is 0.457 e. The zero-order chi connectivity index (χ0) is 24.6. The summed E-state index contributed by atoms with van der Waals surface area (Å²) >= 11 is 11.8. The summed E-state index contributed by atoms with van der Waals surface area (Å²) in [5.41, 5.74) is 0.558. The minimum absolute atomic E-state index is 0.174. The molecule has 3 rings (SSSR count). The molecule has 2 N–H and O–H groups in total. The molecule has 6 nitrogen and oxygen atoms in total. The van der Waals surface area contributed by atoms with Crippen molar-refractivity contribution in [2.45, 2.75) is 13.8 Å². The first-order chi connectivity index (χ1) is 16.3. The molecule has 0 saturated heterocycles. The first-order valence-corrected chi connectivity index (χ1v) is 11.7. The SMILES string of the molecule is CC(C)(CCl)C(=O)NCCN(C(=O)Nc1ccc(Cl)cc1)c1ccc(Oc2ccccc2)cc1. The summed E-state index contributed by atoms with van der Waals surface area (Å²) in [7, 11) is 0. The molecule has 3 aromatic carbocycles. The average molecular weight is 500 g/mol. The summed E-state index contributed by atoms with van der Waals surface area (Å²) in [6.07, 6.45) is 0. The van der Waals surface area contributed by atoms with Crippen LogP contribution in [0.1, 0.15) is 13.8 Å². The van der Waals surface area contributed by atoms with Crippen molar-refractivity contribution in [1.29, 1.82) is 0 Å². The number of nitrogens with one attached hydrogen (secondary N) is 2. The van der Waals surface area contributed by atoms with Gasteiger partial charge in [-0.25, -0.2) is 4.79 Å². The second-order valence-corrected chi connectivity index (χ2v) is 8.97. The summed E-state index contributed by atoms with van der Waals surface area (Å²) in [6, 6.07) is 23.1. The molecule has 0 heterocycles. The molecule has 34 heavy (non-hydrogen) atoms. The normalized spacial score (nSPS) is 10.9. The van der Waals surface area contributed by atoms with E-state index in [1.807, 2.05) is 30.3 Å². The monoisotopic (exact) mass is 499 g/mol. The highest BCUT2D eigenvalue weighted by molar-refractivity contribution is 6.30. The fourth-order valence-corrected chi connectivity index (χ4v) is 3.22. The average Bonchev–Trinajstić information content (AvgIpc) is 2.84. The number of hydrogen-bond donors (Lipinski definition) is 2. The Morgan fingerprint density at radius 1 is 0.912 bits per heavy atom. The fraction of sp³-hybridized carbons (Fsp3) is 0.231. The van der Waals surface area contributed by atoms with Gasteiger partial charge in [-0.3, -0.25) is 9.69 Å². The Bertz CT molecular complexity index is 1090. The molecule has 0 atom stereocenters. The van der Waals surface area contributed by atoms with Crippen LogP contribution in [0.15, 0.2) is 78.9 Å². The van der Waals surface area contributed by atoms with E-state index in [-0.39, 0.29) is 30.9 Å². The number of benzene rings is 3. The summed E-state index contributed by atoms with van der Waals surface area (Å²) < 4.78 is 5.84. The standard InChI is InChI=1S/C26H27Cl2N3O3/c1-26(2,18-27)24(32)29-16-17-31(25(33)30-20-10-8-19(28)9-11-20)21-12-14-23(15-13-21)34-22-6-4-3-5-7-22/h3-15H,16-18H2,1-2H3,(H,29,32)(H,30,33). The van der Waals surface area contributed by atoms with E-state index in [1.165, 1.54) is 0 Å². The van der Waals surface area contributed by atoms with E-state index in [9.17, 15) is 9.59 Å². The number of hydrogen-bond acceptors (Lipinski definition) is 3. The minimum atomic E-state index is -0.700. The van der Waals surface area contributed by atoms with Crippen LogP contribution in [0.4, 0.5) is 16.2 Å². The lowest BCUT2D eigenvalue weighted by Gasteiger charge is -2.25. The van der Waals surface area contributed by atoms with Gasteiger partial charge in [0.2, 0.25) is 5.91 Å². The van der Waals surface area contributed by atoms with Gasteiger partial charge in [0.1, 0.15) is 11.5 Å². The number of halogens is 2. The van der Waals surface area contributed by atoms with E-state index in [0.717, 1.165) is 5.75 Å². The number of anilines is 2. The van der Waals surface area contributed by atoms with Crippen LogP contribution < -0.4 is 20.3 Å². The quantitative estimate of drug-likeness (QED) is 0.327. The Kier molecular flexibility index (Phi) is 8.79. The third-order valence-corrected chi connectivity index (χ3v) is 5.96. The van der Waals surface area contributed by atoms with Crippen LogP contribution in [0.25, 0.3) is 0 Å². The highest BCUT2D eigenvalue weighted by Gasteiger charge is 2.26. The van der Waals surface area contributed by atoms with Gasteiger partial charge in [-0.15, -0.1) is 11.6 Å². The number of urea groups is 1. The smallest absolute Gasteiger partial charge is 0.326 e. The van der Waals surface area contributed by atoms with Gasteiger partial charge in [0.25, 0.3) is 0 Å². The van der Waals surface area contributed by atoms with Crippen LogP contribution in [-0.2, 0) is 4.79 Å². The van der Waals surface area contributed by atoms with E-state index in [2.05, 4.69) is 10.6 Å². The van der Waals surface area contributed by atoms with Crippen LogP contribution in [0.3, 0.4) is 0 Å². The first kappa shape index (κ1) is 25.4. The Morgan fingerprint density at radius 2 is 1.53 bits per heavy atom. The number of amides is 3. The van der Waals surface area contributed by atoms with Crippen molar-refractivity contribution in [3.63, 3.8) is 0 Å². The molecule has 0 fully saturated rings. The van der Waals surface area contributed by atoms with E-state index in [4.69, 9.17) is 27.9 Å². The maximum Gasteiger partial charge on any atom is 0.326 e. The fourth-order valence-electron chi connectivity index (χ4n) is 2.97. The van der Waals surface area contributed by atoms with E-state index >= 15 is 0 Å². The Hall–Kier alpha value is -3.22. The van der Waals surface area contributed by atoms with E-state index in [0.29, 0.717) is 22.1 Å². The van der Waals surface area contributed by atoms with Crippen molar-refractivity contribution in [3.8, 4) is 11.5 Å². The lowest BCUT2D eigenvalue weighted by Crippen LogP contribution is -2.44. The van der Waals surface area contributed by atoms with Crippen molar-refractivity contribution in [2.24, 2.45) is 5.41 Å². The summed E-state index contributed by atoms with van der Waals surface area (Å²) in [5, 5.41) is 6.30. The van der Waals surface area contributed by atoms with Crippen LogP contribution in [0.5, 0.6) is 11.5 Å². The lowest BCUT2D eigenvalue weighted by molar-refractivity contribution is -0.128. The highest BCUT2D eigenvalue weighted by Crippen LogP contribution is 2.25. The van der Waals surface area contributed by atoms with Gasteiger partial charge in [-0.1, -0.05) is 29.8 Å². The maximum atomic E-state index is 13.1. The zero-order valence-electron chi connectivity index (χ0n) is 19.1. The maximum absolute atomic E-state index is 13.1. The predicted molar refractivity (Wildman–Crippen MR) is 138 cm³/mol. The number of para-hydroxylation sites is 1. The molecule has 0 aliphatic heterocycles. The van der Waals surface area contributed by atoms with Crippen molar-refractivity contribution in [1.82, 2.24) is 5.32 Å². The van der Waals surface area contributed by atoms with Gasteiger partial charge in [0.05, 0.1) is 5.41 Å². The molecule has 178 valence electrons. The molecule has 0 aliphatic rings. The summed E-state index contributed by atoms with van der Waals surface area (Å²) in [6.45, 7) is 4.05. The highest BCUT2D eigenvalue weighted by atomic mass is 35.5. The molecule has 3 amide bonds. The predicted octanol–water partition coefficient (Wildman–Crippen LogP) is 6.55. The summed E-state index contributed by atoms with van der Waals surface area (Å²) in [5.74, 6) is 1.39. The molecule has 0 unspecified atom stereocenters. The Labute approximate surface area is 209 Å². The minimum Gasteiger partial charge on any atom is -0.457 e. The molecule has 3 aromatic rings. The lowest BCUT2D eigenvalue weighted by atomic mass is 9.95. The van der Waals surface area contributed by atoms with Gasteiger partial charge >= 0.3 is 6.03 Å². The molecule has 8 heteroatoms. The number of carbonyl (C=O) groups excluding carboxylic acids is 2. The number of ether oxygens (including phenoxy) is 1. The number of alkyl halides is 1. The molecule has 0 aliphatic carbocycles. The van der Waals surface area contributed by atoms with Gasteiger partial charge in [-0.05, 0) is 74.5 Å². The second kappa shape index (κ2) is 11.8. The van der Waals surface area contributed by atoms with E-state index < -0.39 is 5.41 Å². The van der Waals surface area contributed by atoms with Crippen LogP contribution in [0, 0.1) is 5.41 Å². The van der Waals surface area contributed by atoms with Crippen molar-refractivity contribution in [2.75, 3.05) is 29.2 Å². The zero-order valence-corrected chi connectivity index (χ0v) is 20.6. The molecule has 0 aromatic heterocycles. The molecular weight excluding hydrogens is 473 g/mol. The Balaban J connectivity index is 1.73. The van der Waals surface area contributed by atoms with Crippen LogP contribution in [0.2, 0.25) is 5.02 Å². The van der Waals surface area contributed by atoms with Crippen molar-refractivity contribution < 1.29 is 14.3 Å².